The van der Waals surface area contributed by atoms with Gasteiger partial charge >= 0.3 is 6.03 Å². The summed E-state index contributed by atoms with van der Waals surface area (Å²) in [5.74, 6) is 0.531. The molecule has 3 rings (SSSR count). The van der Waals surface area contributed by atoms with Crippen LogP contribution in [-0.4, -0.2) is 35.5 Å². The number of anilines is 1. The maximum Gasteiger partial charge on any atom is 0.331 e. The summed E-state index contributed by atoms with van der Waals surface area (Å²) in [6.07, 6.45) is 3.32. The number of benzene rings is 1. The van der Waals surface area contributed by atoms with Crippen molar-refractivity contribution in [3.63, 3.8) is 0 Å². The van der Waals surface area contributed by atoms with Gasteiger partial charge in [-0.1, -0.05) is 23.7 Å². The number of amides is 3. The van der Waals surface area contributed by atoms with E-state index in [2.05, 4.69) is 4.98 Å². The number of hydrogen-bond acceptors (Lipinski definition) is 4. The van der Waals surface area contributed by atoms with Crippen molar-refractivity contribution >= 4 is 29.2 Å². The quantitative estimate of drug-likeness (QED) is 0.854. The van der Waals surface area contributed by atoms with E-state index in [9.17, 15) is 9.59 Å². The first-order valence-electron chi connectivity index (χ1n) is 7.44. The molecule has 0 aliphatic carbocycles. The number of hydrogen-bond donors (Lipinski definition) is 0. The Morgan fingerprint density at radius 3 is 2.62 bits per heavy atom. The number of pyridine rings is 1. The lowest BCUT2D eigenvalue weighted by Crippen LogP contribution is -2.52. The maximum absolute atomic E-state index is 12.7. The van der Waals surface area contributed by atoms with Crippen LogP contribution in [0.5, 0.6) is 5.75 Å². The molecule has 0 atom stereocenters. The molecule has 1 aromatic heterocycles. The van der Waals surface area contributed by atoms with Gasteiger partial charge in [0.25, 0.3) is 0 Å². The van der Waals surface area contributed by atoms with Crippen LogP contribution in [-0.2, 0) is 11.3 Å². The van der Waals surface area contributed by atoms with Gasteiger partial charge in [0.2, 0.25) is 5.91 Å². The second kappa shape index (κ2) is 6.88. The molecule has 1 saturated heterocycles. The van der Waals surface area contributed by atoms with E-state index in [4.69, 9.17) is 16.3 Å². The van der Waals surface area contributed by atoms with Crippen LogP contribution < -0.4 is 9.64 Å². The second-order valence-electron chi connectivity index (χ2n) is 5.37. The molecule has 0 bridgehead atoms. The van der Waals surface area contributed by atoms with Crippen LogP contribution in [0.1, 0.15) is 12.0 Å². The molecule has 124 valence electrons. The molecule has 3 amide bonds. The summed E-state index contributed by atoms with van der Waals surface area (Å²) in [5.41, 5.74) is 1.43. The molecular weight excluding hydrogens is 330 g/mol. The highest BCUT2D eigenvalue weighted by atomic mass is 35.5. The summed E-state index contributed by atoms with van der Waals surface area (Å²) >= 11 is 5.94. The average molecular weight is 346 g/mol. The number of carbonyl (C=O) groups excluding carboxylic acids is 2. The fraction of sp³-hybridized carbons (Fsp3) is 0.235. The molecular formula is C17H16ClN3O3. The molecule has 0 saturated carbocycles. The van der Waals surface area contributed by atoms with Gasteiger partial charge in [-0.3, -0.25) is 19.6 Å². The highest BCUT2D eigenvalue weighted by molar-refractivity contribution is 6.30. The molecule has 0 unspecified atom stereocenters. The lowest BCUT2D eigenvalue weighted by molar-refractivity contribution is -0.129. The summed E-state index contributed by atoms with van der Waals surface area (Å²) in [6, 6.07) is 8.55. The number of aromatic nitrogens is 1. The number of imide groups is 1. The SMILES string of the molecule is COc1ccc(CN2C(=O)CCN(c3cncc(Cl)c3)C2=O)cc1. The van der Waals surface area contributed by atoms with E-state index in [0.717, 1.165) is 11.3 Å². The minimum absolute atomic E-state index is 0.193. The van der Waals surface area contributed by atoms with Crippen molar-refractivity contribution in [2.45, 2.75) is 13.0 Å². The Hall–Kier alpha value is -2.60. The van der Waals surface area contributed by atoms with Crippen molar-refractivity contribution in [3.05, 3.63) is 53.3 Å². The van der Waals surface area contributed by atoms with Gasteiger partial charge in [0.1, 0.15) is 5.75 Å². The largest absolute Gasteiger partial charge is 0.497 e. The Kier molecular flexibility index (Phi) is 4.66. The fourth-order valence-electron chi connectivity index (χ4n) is 2.55. The summed E-state index contributed by atoms with van der Waals surface area (Å²) in [7, 11) is 1.59. The van der Waals surface area contributed by atoms with Crippen LogP contribution >= 0.6 is 11.6 Å². The summed E-state index contributed by atoms with van der Waals surface area (Å²) < 4.78 is 5.11. The van der Waals surface area contributed by atoms with Gasteiger partial charge < -0.3 is 4.74 Å². The summed E-state index contributed by atoms with van der Waals surface area (Å²) in [4.78, 5) is 31.7. The maximum atomic E-state index is 12.7. The van der Waals surface area contributed by atoms with Gasteiger partial charge in [-0.2, -0.15) is 0 Å². The van der Waals surface area contributed by atoms with Crippen LogP contribution in [0.2, 0.25) is 5.02 Å². The molecule has 2 heterocycles. The van der Waals surface area contributed by atoms with Gasteiger partial charge in [0.05, 0.1) is 30.6 Å². The Labute approximate surface area is 144 Å². The van der Waals surface area contributed by atoms with Gasteiger partial charge in [-0.05, 0) is 23.8 Å². The molecule has 1 aromatic carbocycles. The fourth-order valence-corrected chi connectivity index (χ4v) is 2.72. The van der Waals surface area contributed by atoms with Crippen LogP contribution in [0, 0.1) is 0 Å². The van der Waals surface area contributed by atoms with E-state index in [0.29, 0.717) is 17.3 Å². The van der Waals surface area contributed by atoms with E-state index in [1.807, 2.05) is 12.1 Å². The molecule has 2 aromatic rings. The topological polar surface area (TPSA) is 62.7 Å². The van der Waals surface area contributed by atoms with Crippen LogP contribution in [0.3, 0.4) is 0 Å². The lowest BCUT2D eigenvalue weighted by atomic mass is 10.1. The first kappa shape index (κ1) is 16.3. The monoisotopic (exact) mass is 345 g/mol. The first-order valence-corrected chi connectivity index (χ1v) is 7.81. The van der Waals surface area contributed by atoms with Gasteiger partial charge in [-0.15, -0.1) is 0 Å². The molecule has 24 heavy (non-hydrogen) atoms. The van der Waals surface area contributed by atoms with Crippen molar-refractivity contribution in [2.24, 2.45) is 0 Å². The molecule has 7 heteroatoms. The smallest absolute Gasteiger partial charge is 0.331 e. The predicted molar refractivity (Wildman–Crippen MR) is 90.2 cm³/mol. The number of rotatable bonds is 4. The Morgan fingerprint density at radius 1 is 1.21 bits per heavy atom. The molecule has 1 aliphatic rings. The van der Waals surface area contributed by atoms with Gasteiger partial charge in [0.15, 0.2) is 0 Å². The minimum Gasteiger partial charge on any atom is -0.497 e. The van der Waals surface area contributed by atoms with Gasteiger partial charge in [0, 0.05) is 19.2 Å². The molecule has 0 spiro atoms. The third-order valence-electron chi connectivity index (χ3n) is 3.81. The second-order valence-corrected chi connectivity index (χ2v) is 5.81. The highest BCUT2D eigenvalue weighted by Crippen LogP contribution is 2.24. The number of ether oxygens (including phenoxy) is 1. The van der Waals surface area contributed by atoms with Gasteiger partial charge in [-0.25, -0.2) is 4.79 Å². The lowest BCUT2D eigenvalue weighted by Gasteiger charge is -2.34. The number of methoxy groups -OCH3 is 1. The van der Waals surface area contributed by atoms with Crippen LogP contribution in [0.25, 0.3) is 0 Å². The van der Waals surface area contributed by atoms with E-state index in [1.54, 1.807) is 31.5 Å². The van der Waals surface area contributed by atoms with E-state index in [-0.39, 0.29) is 24.9 Å². The van der Waals surface area contributed by atoms with Crippen molar-refractivity contribution < 1.29 is 14.3 Å². The first-order chi connectivity index (χ1) is 11.6. The Balaban J connectivity index is 1.80. The summed E-state index contributed by atoms with van der Waals surface area (Å²) in [6.45, 7) is 0.533. The normalized spacial score (nSPS) is 14.9. The molecule has 1 fully saturated rings. The van der Waals surface area contributed by atoms with E-state index >= 15 is 0 Å². The zero-order valence-corrected chi connectivity index (χ0v) is 13.9. The van der Waals surface area contributed by atoms with Crippen LogP contribution in [0.4, 0.5) is 10.5 Å². The van der Waals surface area contributed by atoms with Crippen LogP contribution in [0.15, 0.2) is 42.7 Å². The number of nitrogens with zero attached hydrogens (tertiary/aromatic N) is 3. The molecule has 0 radical (unpaired) electrons. The Morgan fingerprint density at radius 2 is 1.96 bits per heavy atom. The van der Waals surface area contributed by atoms with Crippen molar-refractivity contribution in [1.29, 1.82) is 0 Å². The number of carbonyl (C=O) groups is 2. The third kappa shape index (κ3) is 3.33. The molecule has 0 N–H and O–H groups in total. The standard InChI is InChI=1S/C17H16ClN3O3/c1-24-15-4-2-12(3-5-15)11-21-16(22)6-7-20(17(21)23)14-8-13(18)9-19-10-14/h2-5,8-10H,6-7,11H2,1H3. The minimum atomic E-state index is -0.369. The third-order valence-corrected chi connectivity index (χ3v) is 4.02. The zero-order chi connectivity index (χ0) is 17.1. The van der Waals surface area contributed by atoms with E-state index in [1.165, 1.54) is 16.0 Å². The number of halogens is 1. The van der Waals surface area contributed by atoms with Crippen molar-refractivity contribution in [2.75, 3.05) is 18.6 Å². The van der Waals surface area contributed by atoms with Crippen molar-refractivity contribution in [1.82, 2.24) is 9.88 Å². The Bertz CT molecular complexity index is 764. The highest BCUT2D eigenvalue weighted by Gasteiger charge is 2.33. The van der Waals surface area contributed by atoms with Crippen molar-refractivity contribution in [3.8, 4) is 5.75 Å². The summed E-state index contributed by atoms with van der Waals surface area (Å²) in [5, 5.41) is 0.443. The predicted octanol–water partition coefficient (Wildman–Crippen LogP) is 3.10. The number of urea groups is 1. The molecule has 6 nitrogen and oxygen atoms in total. The zero-order valence-electron chi connectivity index (χ0n) is 13.1. The average Bonchev–Trinajstić information content (AvgIpc) is 2.59. The molecule has 1 aliphatic heterocycles. The van der Waals surface area contributed by atoms with E-state index < -0.39 is 0 Å².